The third-order valence-corrected chi connectivity index (χ3v) is 8.41. The molecule has 2 bridgehead atoms. The van der Waals surface area contributed by atoms with Crippen LogP contribution in [0, 0.1) is 21.7 Å². The molecule has 0 aliphatic carbocycles. The Kier molecular flexibility index (Phi) is 8.93. The Morgan fingerprint density at radius 3 is 1.54 bits per heavy atom. The van der Waals surface area contributed by atoms with Gasteiger partial charge in [-0.25, -0.2) is 0 Å². The van der Waals surface area contributed by atoms with Gasteiger partial charge >= 0.3 is 0 Å². The Labute approximate surface area is 182 Å². The number of hydrogen-bond acceptors (Lipinski definition) is 6. The third kappa shape index (κ3) is 8.76. The average molecular weight is 427 g/mol. The van der Waals surface area contributed by atoms with Crippen LogP contribution in [0.15, 0.2) is 9.98 Å². The molecule has 0 aromatic heterocycles. The molecule has 0 fully saturated rings. The fourth-order valence-corrected chi connectivity index (χ4v) is 6.16. The zero-order valence-corrected chi connectivity index (χ0v) is 20.6. The quantitative estimate of drug-likeness (QED) is 0.617. The maximum atomic E-state index is 4.90. The van der Waals surface area contributed by atoms with Crippen molar-refractivity contribution in [3.63, 3.8) is 0 Å². The highest BCUT2D eigenvalue weighted by Crippen LogP contribution is 2.28. The van der Waals surface area contributed by atoms with Gasteiger partial charge in [0.1, 0.15) is 0 Å². The fraction of sp³-hybridized carbons (Fsp3) is 0.909. The number of fused-ring (bicyclic) bond motifs is 7. The largest absolute Gasteiger partial charge is 0.315 e. The highest BCUT2D eigenvalue weighted by atomic mass is 32.2. The zero-order valence-electron chi connectivity index (χ0n) is 18.9. The molecule has 0 amide bonds. The molecule has 2 N–H and O–H groups in total. The van der Waals surface area contributed by atoms with Crippen molar-refractivity contribution in [3.05, 3.63) is 0 Å². The summed E-state index contributed by atoms with van der Waals surface area (Å²) in [6.07, 6.45) is 4.35. The third-order valence-electron chi connectivity index (χ3n) is 5.37. The normalized spacial score (nSPS) is 35.5. The fourth-order valence-electron chi connectivity index (χ4n) is 3.55. The molecule has 0 saturated carbocycles. The predicted molar refractivity (Wildman–Crippen MR) is 131 cm³/mol. The molecule has 162 valence electrons. The van der Waals surface area contributed by atoms with Gasteiger partial charge < -0.3 is 10.6 Å². The van der Waals surface area contributed by atoms with Crippen LogP contribution < -0.4 is 10.6 Å². The molecule has 2 heterocycles. The number of thioether (sulfide) groups is 2. The van der Waals surface area contributed by atoms with Gasteiger partial charge in [-0.3, -0.25) is 9.98 Å². The van der Waals surface area contributed by atoms with Gasteiger partial charge in [0, 0.05) is 96.4 Å². The van der Waals surface area contributed by atoms with Crippen LogP contribution in [0.4, 0.5) is 0 Å². The van der Waals surface area contributed by atoms with E-state index >= 15 is 0 Å². The molecule has 0 aromatic carbocycles. The summed E-state index contributed by atoms with van der Waals surface area (Å²) >= 11 is 4.18. The number of nitrogens with zero attached hydrogens (tertiary/aromatic N) is 2. The first-order valence-electron chi connectivity index (χ1n) is 10.6. The van der Waals surface area contributed by atoms with Crippen molar-refractivity contribution in [1.82, 2.24) is 10.6 Å². The van der Waals surface area contributed by atoms with Gasteiger partial charge in [-0.2, -0.15) is 23.5 Å². The lowest BCUT2D eigenvalue weighted by Crippen LogP contribution is -2.46. The van der Waals surface area contributed by atoms with E-state index in [1.54, 1.807) is 0 Å². The summed E-state index contributed by atoms with van der Waals surface area (Å²) in [6, 6.07) is 0. The van der Waals surface area contributed by atoms with Gasteiger partial charge in [-0.05, 0) is 0 Å². The molecule has 0 saturated heterocycles. The van der Waals surface area contributed by atoms with Crippen LogP contribution in [0.1, 0.15) is 41.5 Å². The monoisotopic (exact) mass is 426 g/mol. The lowest BCUT2D eigenvalue weighted by Gasteiger charge is -2.33. The van der Waals surface area contributed by atoms with Gasteiger partial charge in [-0.1, -0.05) is 41.5 Å². The Morgan fingerprint density at radius 1 is 0.643 bits per heavy atom. The van der Waals surface area contributed by atoms with Crippen LogP contribution in [0.25, 0.3) is 0 Å². The highest BCUT2D eigenvalue weighted by Gasteiger charge is 2.29. The van der Waals surface area contributed by atoms with Gasteiger partial charge in [0.15, 0.2) is 0 Å². The van der Waals surface area contributed by atoms with Crippen LogP contribution in [0.3, 0.4) is 0 Å². The van der Waals surface area contributed by atoms with Gasteiger partial charge in [0.05, 0.1) is 0 Å². The predicted octanol–water partition coefficient (Wildman–Crippen LogP) is 3.87. The Morgan fingerprint density at radius 2 is 1.07 bits per heavy atom. The zero-order chi connectivity index (χ0) is 20.7. The summed E-state index contributed by atoms with van der Waals surface area (Å²) in [4.78, 5) is 9.81. The number of nitrogens with one attached hydrogen (secondary N) is 2. The van der Waals surface area contributed by atoms with Gasteiger partial charge in [0.2, 0.25) is 0 Å². The molecule has 0 atom stereocenters. The van der Waals surface area contributed by atoms with E-state index in [1.807, 2.05) is 0 Å². The van der Waals surface area contributed by atoms with Crippen molar-refractivity contribution >= 4 is 36.0 Å². The van der Waals surface area contributed by atoms with E-state index in [0.29, 0.717) is 0 Å². The lowest BCUT2D eigenvalue weighted by atomic mass is 9.89. The second kappa shape index (κ2) is 10.3. The van der Waals surface area contributed by atoms with E-state index in [1.165, 1.54) is 17.3 Å². The minimum atomic E-state index is 0.0675. The van der Waals surface area contributed by atoms with Crippen LogP contribution in [0.5, 0.6) is 0 Å². The van der Waals surface area contributed by atoms with Gasteiger partial charge in [0.25, 0.3) is 0 Å². The molecule has 2 aliphatic heterocycles. The summed E-state index contributed by atoms with van der Waals surface area (Å²) < 4.78 is 0. The van der Waals surface area contributed by atoms with E-state index in [0.717, 1.165) is 45.0 Å². The standard InChI is InChI=1S/C22H42N4S2/c1-19(2)9-23-13-21(5)15-25-11-20(3,4)12-26-16-22(6,14-24-10-19)18-28-8-7-27-17-21/h9,11,24,26H,7-8,10,12-18H2,1-6H3. The molecule has 2 rings (SSSR count). The first-order chi connectivity index (χ1) is 13.0. The highest BCUT2D eigenvalue weighted by molar-refractivity contribution is 8.02. The van der Waals surface area contributed by atoms with Crippen LogP contribution in [-0.2, 0) is 0 Å². The SMILES string of the molecule is CC1(C)C=NCC2(C)CN=CC(C)(C)CNCC(C)(CNC1)CSCCSC2. The van der Waals surface area contributed by atoms with E-state index in [4.69, 9.17) is 9.98 Å². The van der Waals surface area contributed by atoms with Crippen molar-refractivity contribution in [3.8, 4) is 0 Å². The molecule has 0 unspecified atom stereocenters. The van der Waals surface area contributed by atoms with Crippen molar-refractivity contribution in [2.24, 2.45) is 31.6 Å². The van der Waals surface area contributed by atoms with E-state index in [9.17, 15) is 0 Å². The van der Waals surface area contributed by atoms with Crippen molar-refractivity contribution < 1.29 is 0 Å². The minimum Gasteiger partial charge on any atom is -0.315 e. The number of aliphatic imine (C=N–C) groups is 2. The van der Waals surface area contributed by atoms with Crippen molar-refractivity contribution in [1.29, 1.82) is 0 Å². The smallest absolute Gasteiger partial charge is 0.0465 e. The van der Waals surface area contributed by atoms with E-state index < -0.39 is 0 Å². The maximum Gasteiger partial charge on any atom is 0.0465 e. The van der Waals surface area contributed by atoms with Crippen molar-refractivity contribution in [2.45, 2.75) is 41.5 Å². The lowest BCUT2D eigenvalue weighted by molar-refractivity contribution is 0.301. The molecule has 0 spiro atoms. The first kappa shape index (κ1) is 24.2. The van der Waals surface area contributed by atoms with Crippen LogP contribution in [0.2, 0.25) is 0 Å². The molecular formula is C22H42N4S2. The van der Waals surface area contributed by atoms with Crippen LogP contribution >= 0.6 is 23.5 Å². The number of rotatable bonds is 0. The second-order valence-electron chi connectivity index (χ2n) is 10.9. The molecule has 2 aliphatic rings. The molecular weight excluding hydrogens is 384 g/mol. The molecule has 4 nitrogen and oxygen atoms in total. The first-order valence-corrected chi connectivity index (χ1v) is 12.9. The molecule has 0 radical (unpaired) electrons. The van der Waals surface area contributed by atoms with Crippen molar-refractivity contribution in [2.75, 3.05) is 62.3 Å². The van der Waals surface area contributed by atoms with E-state index in [2.05, 4.69) is 88.1 Å². The molecule has 28 heavy (non-hydrogen) atoms. The molecule has 0 aromatic rings. The Bertz CT molecular complexity index is 509. The maximum absolute atomic E-state index is 4.90. The van der Waals surface area contributed by atoms with Gasteiger partial charge in [-0.15, -0.1) is 0 Å². The summed E-state index contributed by atoms with van der Waals surface area (Å²) in [7, 11) is 0. The summed E-state index contributed by atoms with van der Waals surface area (Å²) in [5.74, 6) is 4.74. The summed E-state index contributed by atoms with van der Waals surface area (Å²) in [5.41, 5.74) is 0.491. The molecule has 6 heteroatoms. The van der Waals surface area contributed by atoms with E-state index in [-0.39, 0.29) is 21.7 Å². The Hall–Kier alpha value is -0.0400. The van der Waals surface area contributed by atoms with Crippen LogP contribution in [-0.4, -0.2) is 74.7 Å². The summed E-state index contributed by atoms with van der Waals surface area (Å²) in [5, 5.41) is 7.51. The average Bonchev–Trinajstić information content (AvgIpc) is 2.56. The second-order valence-corrected chi connectivity index (χ2v) is 13.1. The Balaban J connectivity index is 2.31. The minimum absolute atomic E-state index is 0.0675. The topological polar surface area (TPSA) is 48.8 Å². The number of hydrogen-bond donors (Lipinski definition) is 2. The summed E-state index contributed by atoms with van der Waals surface area (Å²) in [6.45, 7) is 19.6.